The quantitative estimate of drug-likeness (QED) is 0.332. The number of hydrogen-bond donors (Lipinski definition) is 1. The normalized spacial score (nSPS) is 18.3. The van der Waals surface area contributed by atoms with Crippen LogP contribution in [0.3, 0.4) is 0 Å². The molecule has 9 nitrogen and oxygen atoms in total. The number of anilines is 1. The molecule has 2 atom stereocenters. The van der Waals surface area contributed by atoms with Gasteiger partial charge in [-0.25, -0.2) is 14.8 Å². The lowest BCUT2D eigenvalue weighted by molar-refractivity contribution is -0.132. The summed E-state index contributed by atoms with van der Waals surface area (Å²) in [5.74, 6) is 1.92. The van der Waals surface area contributed by atoms with E-state index in [2.05, 4.69) is 23.7 Å². The second kappa shape index (κ2) is 13.9. The number of benzene rings is 2. The van der Waals surface area contributed by atoms with Gasteiger partial charge in [0.05, 0.1) is 37.4 Å². The Morgan fingerprint density at radius 2 is 1.84 bits per heavy atom. The zero-order valence-electron chi connectivity index (χ0n) is 25.4. The number of aromatic carboxylic acids is 1. The fraction of sp³-hybridized carbons (Fsp3) is 0.471. The molecule has 2 saturated heterocycles. The average molecular weight is 587 g/mol. The third-order valence-electron chi connectivity index (χ3n) is 8.41. The highest BCUT2D eigenvalue weighted by Gasteiger charge is 2.40. The molecule has 2 aromatic carbocycles. The molecule has 43 heavy (non-hydrogen) atoms. The van der Waals surface area contributed by atoms with Gasteiger partial charge in [0.2, 0.25) is 11.9 Å². The lowest BCUT2D eigenvalue weighted by Gasteiger charge is -2.30. The van der Waals surface area contributed by atoms with E-state index in [0.717, 1.165) is 55.0 Å². The van der Waals surface area contributed by atoms with E-state index in [9.17, 15) is 14.7 Å². The molecule has 5 rings (SSSR count). The average Bonchev–Trinajstić information content (AvgIpc) is 3.32. The summed E-state index contributed by atoms with van der Waals surface area (Å²) >= 11 is 0. The summed E-state index contributed by atoms with van der Waals surface area (Å²) in [4.78, 5) is 39.1. The number of fused-ring (bicyclic) bond motifs is 1. The highest BCUT2D eigenvalue weighted by atomic mass is 16.5. The van der Waals surface area contributed by atoms with Crippen LogP contribution < -0.4 is 14.4 Å². The van der Waals surface area contributed by atoms with E-state index in [1.54, 1.807) is 7.11 Å². The van der Waals surface area contributed by atoms with Crippen LogP contribution >= 0.6 is 0 Å². The van der Waals surface area contributed by atoms with E-state index >= 15 is 0 Å². The molecule has 0 saturated carbocycles. The van der Waals surface area contributed by atoms with Crippen molar-refractivity contribution in [3.05, 3.63) is 77.1 Å². The van der Waals surface area contributed by atoms with Gasteiger partial charge >= 0.3 is 5.97 Å². The summed E-state index contributed by atoms with van der Waals surface area (Å²) in [7, 11) is 1.63. The van der Waals surface area contributed by atoms with Crippen molar-refractivity contribution in [2.24, 2.45) is 11.8 Å². The van der Waals surface area contributed by atoms with Crippen molar-refractivity contribution >= 4 is 17.8 Å². The Kier molecular flexibility index (Phi) is 9.79. The maximum Gasteiger partial charge on any atom is 0.339 e. The van der Waals surface area contributed by atoms with Crippen LogP contribution in [0.1, 0.15) is 60.3 Å². The first-order chi connectivity index (χ1) is 20.8. The van der Waals surface area contributed by atoms with Crippen molar-refractivity contribution in [2.45, 2.75) is 58.4 Å². The number of carbonyl (C=O) groups excluding carboxylic acids is 1. The Balaban J connectivity index is 1.29. The minimum atomic E-state index is -1.03. The Morgan fingerprint density at radius 1 is 1.05 bits per heavy atom. The molecule has 2 fully saturated rings. The van der Waals surface area contributed by atoms with Gasteiger partial charge in [-0.1, -0.05) is 50.6 Å². The molecule has 1 amide bonds. The van der Waals surface area contributed by atoms with Gasteiger partial charge in [-0.05, 0) is 61.3 Å². The van der Waals surface area contributed by atoms with Crippen LogP contribution in [0.4, 0.5) is 5.95 Å². The maximum absolute atomic E-state index is 13.6. The van der Waals surface area contributed by atoms with Crippen LogP contribution in [0.5, 0.6) is 11.5 Å². The molecule has 0 radical (unpaired) electrons. The molecule has 3 aromatic rings. The van der Waals surface area contributed by atoms with Gasteiger partial charge in [-0.3, -0.25) is 4.79 Å². The molecule has 0 aliphatic carbocycles. The van der Waals surface area contributed by atoms with Crippen LogP contribution in [-0.2, 0) is 24.1 Å². The molecule has 2 aliphatic rings. The number of amides is 1. The monoisotopic (exact) mass is 586 g/mol. The number of aromatic nitrogens is 2. The largest absolute Gasteiger partial charge is 0.496 e. The first kappa shape index (κ1) is 30.3. The number of ether oxygens (including phenoxy) is 2. The van der Waals surface area contributed by atoms with Crippen molar-refractivity contribution in [3.8, 4) is 11.5 Å². The summed E-state index contributed by atoms with van der Waals surface area (Å²) in [5.41, 5.74) is 2.62. The predicted molar refractivity (Wildman–Crippen MR) is 165 cm³/mol. The zero-order valence-corrected chi connectivity index (χ0v) is 25.4. The van der Waals surface area contributed by atoms with E-state index in [4.69, 9.17) is 14.5 Å². The van der Waals surface area contributed by atoms with Crippen molar-refractivity contribution in [1.82, 2.24) is 14.9 Å². The number of methoxy groups -OCH3 is 1. The van der Waals surface area contributed by atoms with Crippen LogP contribution in [0.2, 0.25) is 0 Å². The summed E-state index contributed by atoms with van der Waals surface area (Å²) in [5, 5.41) is 9.85. The molecule has 2 aliphatic heterocycles. The number of hydrogen-bond acceptors (Lipinski definition) is 7. The fourth-order valence-corrected chi connectivity index (χ4v) is 6.14. The lowest BCUT2D eigenvalue weighted by atomic mass is 9.98. The number of para-hydroxylation sites is 1. The van der Waals surface area contributed by atoms with Crippen LogP contribution in [0.25, 0.3) is 0 Å². The Bertz CT molecular complexity index is 1410. The lowest BCUT2D eigenvalue weighted by Crippen LogP contribution is -2.45. The van der Waals surface area contributed by atoms with Crippen LogP contribution in [0.15, 0.2) is 54.7 Å². The molecular formula is C34H42N4O5. The first-order valence-corrected chi connectivity index (χ1v) is 15.3. The molecule has 0 spiro atoms. The second-order valence-corrected chi connectivity index (χ2v) is 12.0. The van der Waals surface area contributed by atoms with Crippen molar-refractivity contribution in [2.75, 3.05) is 38.3 Å². The van der Waals surface area contributed by atoms with Gasteiger partial charge in [-0.2, -0.15) is 0 Å². The summed E-state index contributed by atoms with van der Waals surface area (Å²) in [6.07, 6.45) is 5.96. The van der Waals surface area contributed by atoms with Gasteiger partial charge in [0, 0.05) is 31.4 Å². The molecule has 3 heterocycles. The number of carboxylic acid groups (broad SMARTS) is 1. The number of nitrogens with zero attached hydrogens (tertiary/aromatic N) is 4. The van der Waals surface area contributed by atoms with E-state index in [-0.39, 0.29) is 17.5 Å². The van der Waals surface area contributed by atoms with E-state index in [0.29, 0.717) is 55.9 Å². The molecule has 9 heteroatoms. The molecule has 1 aromatic heterocycles. The van der Waals surface area contributed by atoms with Crippen molar-refractivity contribution < 1.29 is 24.2 Å². The number of likely N-dealkylation sites (tertiary alicyclic amines) is 1. The zero-order chi connectivity index (χ0) is 30.3. The van der Waals surface area contributed by atoms with Gasteiger partial charge in [0.25, 0.3) is 0 Å². The number of carbonyl (C=O) groups is 2. The Hall–Kier alpha value is -4.14. The third-order valence-corrected chi connectivity index (χ3v) is 8.41. The molecular weight excluding hydrogens is 544 g/mol. The summed E-state index contributed by atoms with van der Waals surface area (Å²) in [6, 6.07) is 15.7. The van der Waals surface area contributed by atoms with Gasteiger partial charge in [0.15, 0.2) is 0 Å². The van der Waals surface area contributed by atoms with E-state index in [1.165, 1.54) is 6.20 Å². The van der Waals surface area contributed by atoms with E-state index < -0.39 is 5.97 Å². The maximum atomic E-state index is 13.6. The van der Waals surface area contributed by atoms with Crippen LogP contribution in [-0.4, -0.2) is 71.2 Å². The third kappa shape index (κ3) is 7.45. The summed E-state index contributed by atoms with van der Waals surface area (Å²) < 4.78 is 11.3. The van der Waals surface area contributed by atoms with Gasteiger partial charge < -0.3 is 24.4 Å². The first-order valence-electron chi connectivity index (χ1n) is 15.3. The minimum absolute atomic E-state index is 0.0623. The standard InChI is InChI=1S/C34H42N4O5/c1-23(2)22-43-27-14-11-24(12-15-27)13-16-29-28(33(40)41)19-35-34(36-29)37-20-26-9-6-7-17-38(30(26)21-37)32(39)18-25-8-4-5-10-31(25)42-3/h4-5,8,10-12,14-15,19,23,26,30H,6-7,9,13,16-18,20-22H2,1-3H3,(H,40,41)/t26-,30+/m0/s1. The van der Waals surface area contributed by atoms with E-state index in [1.807, 2.05) is 53.4 Å². The second-order valence-electron chi connectivity index (χ2n) is 12.0. The van der Waals surface area contributed by atoms with Crippen LogP contribution in [0, 0.1) is 11.8 Å². The Labute approximate surface area is 253 Å². The molecule has 1 N–H and O–H groups in total. The number of aryl methyl sites for hydroxylation is 2. The Morgan fingerprint density at radius 3 is 2.58 bits per heavy atom. The SMILES string of the molecule is COc1ccccc1CC(=O)N1CCCC[C@H]2CN(c3ncc(C(=O)O)c(CCc4ccc(OCC(C)C)cc4)n3)C[C@H]21. The molecule has 228 valence electrons. The predicted octanol–water partition coefficient (Wildman–Crippen LogP) is 5.06. The highest BCUT2D eigenvalue weighted by molar-refractivity contribution is 5.88. The highest BCUT2D eigenvalue weighted by Crippen LogP contribution is 2.33. The topological polar surface area (TPSA) is 105 Å². The number of carboxylic acids is 1. The van der Waals surface area contributed by atoms with Crippen molar-refractivity contribution in [1.29, 1.82) is 0 Å². The fourth-order valence-electron chi connectivity index (χ4n) is 6.14. The van der Waals surface area contributed by atoms with Gasteiger partial charge in [0.1, 0.15) is 11.5 Å². The molecule has 0 unspecified atom stereocenters. The minimum Gasteiger partial charge on any atom is -0.496 e. The summed E-state index contributed by atoms with van der Waals surface area (Å²) in [6.45, 7) is 6.99. The number of rotatable bonds is 11. The molecule has 0 bridgehead atoms. The van der Waals surface area contributed by atoms with Gasteiger partial charge in [-0.15, -0.1) is 0 Å². The van der Waals surface area contributed by atoms with Crippen molar-refractivity contribution in [3.63, 3.8) is 0 Å². The smallest absolute Gasteiger partial charge is 0.339 e.